The summed E-state index contributed by atoms with van der Waals surface area (Å²) in [5.74, 6) is 1.54. The summed E-state index contributed by atoms with van der Waals surface area (Å²) in [7, 11) is 1.67. The van der Waals surface area contributed by atoms with Gasteiger partial charge in [0.2, 0.25) is 5.91 Å². The van der Waals surface area contributed by atoms with Crippen LogP contribution in [0.5, 0.6) is 5.75 Å². The number of nitrogens with zero attached hydrogens (tertiary/aromatic N) is 3. The van der Waals surface area contributed by atoms with Crippen LogP contribution in [0.25, 0.3) is 0 Å². The number of piperazine rings is 1. The molecule has 1 amide bonds. The number of aryl methyl sites for hydroxylation is 1. The normalized spacial score (nSPS) is 14.4. The van der Waals surface area contributed by atoms with Crippen molar-refractivity contribution in [3.05, 3.63) is 59.7 Å². The van der Waals surface area contributed by atoms with E-state index in [9.17, 15) is 4.79 Å². The second kappa shape index (κ2) is 11.2. The third-order valence-corrected chi connectivity index (χ3v) is 5.36. The minimum atomic E-state index is 0.0891. The molecule has 31 heavy (non-hydrogen) atoms. The monoisotopic (exact) mass is 423 g/mol. The Kier molecular flexibility index (Phi) is 8.15. The molecule has 0 spiro atoms. The highest BCUT2D eigenvalue weighted by Crippen LogP contribution is 2.20. The van der Waals surface area contributed by atoms with Crippen molar-refractivity contribution < 1.29 is 9.53 Å². The molecule has 2 aromatic carbocycles. The summed E-state index contributed by atoms with van der Waals surface area (Å²) in [6.07, 6.45) is 0. The van der Waals surface area contributed by atoms with Crippen LogP contribution in [-0.2, 0) is 11.3 Å². The molecule has 2 aromatic rings. The maximum Gasteiger partial charge on any atom is 0.242 e. The lowest BCUT2D eigenvalue weighted by molar-refractivity contribution is -0.130. The van der Waals surface area contributed by atoms with Crippen LogP contribution in [0, 0.1) is 6.92 Å². The van der Waals surface area contributed by atoms with E-state index in [2.05, 4.69) is 32.7 Å². The molecule has 7 nitrogen and oxygen atoms in total. The van der Waals surface area contributed by atoms with E-state index in [0.29, 0.717) is 12.5 Å². The van der Waals surface area contributed by atoms with Gasteiger partial charge in [-0.3, -0.25) is 4.79 Å². The van der Waals surface area contributed by atoms with Crippen molar-refractivity contribution in [3.8, 4) is 5.75 Å². The average Bonchev–Trinajstić information content (AvgIpc) is 2.81. The maximum atomic E-state index is 12.7. The Bertz CT molecular complexity index is 877. The van der Waals surface area contributed by atoms with E-state index in [1.54, 1.807) is 7.11 Å². The maximum absolute atomic E-state index is 12.7. The Morgan fingerprint density at radius 3 is 2.48 bits per heavy atom. The summed E-state index contributed by atoms with van der Waals surface area (Å²) in [5.41, 5.74) is 3.36. The van der Waals surface area contributed by atoms with Crippen molar-refractivity contribution in [2.24, 2.45) is 4.99 Å². The minimum absolute atomic E-state index is 0.0891. The summed E-state index contributed by atoms with van der Waals surface area (Å²) in [4.78, 5) is 21.6. The first-order valence-electron chi connectivity index (χ1n) is 10.8. The fourth-order valence-electron chi connectivity index (χ4n) is 3.61. The van der Waals surface area contributed by atoms with Crippen molar-refractivity contribution in [1.29, 1.82) is 0 Å². The predicted octanol–water partition coefficient (Wildman–Crippen LogP) is 2.41. The second-order valence-electron chi connectivity index (χ2n) is 7.57. The number of amides is 1. The number of methoxy groups -OCH3 is 1. The van der Waals surface area contributed by atoms with Gasteiger partial charge in [-0.05, 0) is 37.6 Å². The van der Waals surface area contributed by atoms with E-state index in [1.165, 1.54) is 5.69 Å². The zero-order valence-corrected chi connectivity index (χ0v) is 18.7. The van der Waals surface area contributed by atoms with Crippen LogP contribution in [0.3, 0.4) is 0 Å². The SMILES string of the molecule is CCNC(=NCc1ccc(C)cc1OC)NCC(=O)N1CCN(c2ccccc2)CC1. The number of nitrogens with one attached hydrogen (secondary N) is 2. The molecule has 1 aliphatic heterocycles. The van der Waals surface area contributed by atoms with Gasteiger partial charge in [-0.2, -0.15) is 0 Å². The van der Waals surface area contributed by atoms with Crippen LogP contribution in [0.1, 0.15) is 18.1 Å². The lowest BCUT2D eigenvalue weighted by Gasteiger charge is -2.36. The topological polar surface area (TPSA) is 69.2 Å². The van der Waals surface area contributed by atoms with Gasteiger partial charge in [-0.15, -0.1) is 0 Å². The van der Waals surface area contributed by atoms with E-state index in [0.717, 1.165) is 49.6 Å². The molecule has 0 saturated carbocycles. The number of guanidine groups is 1. The Morgan fingerprint density at radius 2 is 1.81 bits per heavy atom. The summed E-state index contributed by atoms with van der Waals surface area (Å²) in [5, 5.41) is 6.38. The Balaban J connectivity index is 1.52. The van der Waals surface area contributed by atoms with Gasteiger partial charge in [-0.25, -0.2) is 4.99 Å². The van der Waals surface area contributed by atoms with Gasteiger partial charge in [-0.1, -0.05) is 30.3 Å². The number of benzene rings is 2. The highest BCUT2D eigenvalue weighted by molar-refractivity contribution is 5.86. The zero-order valence-electron chi connectivity index (χ0n) is 18.7. The molecule has 1 saturated heterocycles. The molecule has 0 radical (unpaired) electrons. The van der Waals surface area contributed by atoms with Gasteiger partial charge in [0.1, 0.15) is 5.75 Å². The first kappa shape index (κ1) is 22.5. The highest BCUT2D eigenvalue weighted by Gasteiger charge is 2.21. The van der Waals surface area contributed by atoms with Crippen LogP contribution in [0.2, 0.25) is 0 Å². The first-order valence-corrected chi connectivity index (χ1v) is 10.8. The highest BCUT2D eigenvalue weighted by atomic mass is 16.5. The van der Waals surface area contributed by atoms with Crippen molar-refractivity contribution in [2.75, 3.05) is 51.3 Å². The fourth-order valence-corrected chi connectivity index (χ4v) is 3.61. The van der Waals surface area contributed by atoms with E-state index in [1.807, 2.05) is 55.1 Å². The molecular formula is C24H33N5O2. The number of rotatable bonds is 7. The van der Waals surface area contributed by atoms with Crippen molar-refractivity contribution in [2.45, 2.75) is 20.4 Å². The molecule has 2 N–H and O–H groups in total. The molecule has 0 bridgehead atoms. The number of aliphatic imine (C=N–C) groups is 1. The van der Waals surface area contributed by atoms with Crippen molar-refractivity contribution in [1.82, 2.24) is 15.5 Å². The smallest absolute Gasteiger partial charge is 0.242 e. The minimum Gasteiger partial charge on any atom is -0.496 e. The number of anilines is 1. The van der Waals surface area contributed by atoms with E-state index in [4.69, 9.17) is 4.74 Å². The molecule has 1 heterocycles. The molecule has 0 aliphatic carbocycles. The molecule has 0 unspecified atom stereocenters. The number of carbonyl (C=O) groups is 1. The summed E-state index contributed by atoms with van der Waals surface area (Å²) < 4.78 is 5.46. The molecule has 1 aliphatic rings. The molecular weight excluding hydrogens is 390 g/mol. The Morgan fingerprint density at radius 1 is 1.06 bits per heavy atom. The Hall–Kier alpha value is -3.22. The zero-order chi connectivity index (χ0) is 22.1. The average molecular weight is 424 g/mol. The van der Waals surface area contributed by atoms with Crippen LogP contribution in [0.4, 0.5) is 5.69 Å². The third-order valence-electron chi connectivity index (χ3n) is 5.36. The quantitative estimate of drug-likeness (QED) is 0.529. The Labute approximate surface area is 185 Å². The number of hydrogen-bond acceptors (Lipinski definition) is 4. The number of para-hydroxylation sites is 1. The molecule has 0 atom stereocenters. The van der Waals surface area contributed by atoms with Crippen LogP contribution >= 0.6 is 0 Å². The van der Waals surface area contributed by atoms with Gasteiger partial charge < -0.3 is 25.2 Å². The van der Waals surface area contributed by atoms with E-state index in [-0.39, 0.29) is 12.5 Å². The van der Waals surface area contributed by atoms with Crippen LogP contribution < -0.4 is 20.3 Å². The van der Waals surface area contributed by atoms with E-state index < -0.39 is 0 Å². The number of hydrogen-bond donors (Lipinski definition) is 2. The lowest BCUT2D eigenvalue weighted by Crippen LogP contribution is -2.52. The van der Waals surface area contributed by atoms with Gasteiger partial charge in [0, 0.05) is 44.0 Å². The first-order chi connectivity index (χ1) is 15.1. The fraction of sp³-hybridized carbons (Fsp3) is 0.417. The summed E-state index contributed by atoms with van der Waals surface area (Å²) in [6.45, 7) is 8.61. The standard InChI is InChI=1S/C24H33N5O2/c1-4-25-24(26-17-20-11-10-19(2)16-22(20)31-3)27-18-23(30)29-14-12-28(13-15-29)21-8-6-5-7-9-21/h5-11,16H,4,12-15,17-18H2,1-3H3,(H2,25,26,27). The van der Waals surface area contributed by atoms with Gasteiger partial charge in [0.05, 0.1) is 20.2 Å². The summed E-state index contributed by atoms with van der Waals surface area (Å²) in [6, 6.07) is 16.4. The largest absolute Gasteiger partial charge is 0.496 e. The second-order valence-corrected chi connectivity index (χ2v) is 7.57. The van der Waals surface area contributed by atoms with E-state index >= 15 is 0 Å². The lowest BCUT2D eigenvalue weighted by atomic mass is 10.1. The number of ether oxygens (including phenoxy) is 1. The van der Waals surface area contributed by atoms with Crippen LogP contribution in [-0.4, -0.2) is 63.1 Å². The molecule has 3 rings (SSSR count). The molecule has 1 fully saturated rings. The van der Waals surface area contributed by atoms with Gasteiger partial charge in [0.25, 0.3) is 0 Å². The van der Waals surface area contributed by atoms with Gasteiger partial charge in [0.15, 0.2) is 5.96 Å². The molecule has 7 heteroatoms. The molecule has 0 aromatic heterocycles. The van der Waals surface area contributed by atoms with Gasteiger partial charge >= 0.3 is 0 Å². The summed E-state index contributed by atoms with van der Waals surface area (Å²) >= 11 is 0. The predicted molar refractivity (Wildman–Crippen MR) is 126 cm³/mol. The van der Waals surface area contributed by atoms with Crippen molar-refractivity contribution in [3.63, 3.8) is 0 Å². The number of carbonyl (C=O) groups excluding carboxylic acids is 1. The van der Waals surface area contributed by atoms with Crippen molar-refractivity contribution >= 4 is 17.6 Å². The molecule has 166 valence electrons. The van der Waals surface area contributed by atoms with Crippen LogP contribution in [0.15, 0.2) is 53.5 Å². The third kappa shape index (κ3) is 6.38.